The van der Waals surface area contributed by atoms with E-state index in [2.05, 4.69) is 26.1 Å². The SMILES string of the molecule is CCC(C)(C)[C@@H]1CCc2c(sc(NC(=O)[C@H]3C[C@H]4CC[C@H]3C4)c2C(=O)OC)C1. The van der Waals surface area contributed by atoms with Crippen molar-refractivity contribution in [1.82, 2.24) is 0 Å². The average Bonchev–Trinajstić information content (AvgIpc) is 3.40. The van der Waals surface area contributed by atoms with Crippen LogP contribution in [0.5, 0.6) is 0 Å². The number of esters is 1. The number of hydrogen-bond donors (Lipinski definition) is 1. The maximum Gasteiger partial charge on any atom is 0.341 e. The highest BCUT2D eigenvalue weighted by molar-refractivity contribution is 7.17. The van der Waals surface area contributed by atoms with E-state index in [-0.39, 0.29) is 17.8 Å². The molecule has 0 aromatic carbocycles. The first-order valence-electron chi connectivity index (χ1n) is 10.9. The fraction of sp³-hybridized carbons (Fsp3) is 0.739. The second-order valence-corrected chi connectivity index (χ2v) is 10.9. The molecule has 0 radical (unpaired) electrons. The van der Waals surface area contributed by atoms with Gasteiger partial charge in [-0.05, 0) is 67.3 Å². The largest absolute Gasteiger partial charge is 0.465 e. The van der Waals surface area contributed by atoms with Crippen molar-refractivity contribution in [3.8, 4) is 0 Å². The molecule has 2 fully saturated rings. The molecule has 5 heteroatoms. The lowest BCUT2D eigenvalue weighted by Gasteiger charge is -2.36. The van der Waals surface area contributed by atoms with Gasteiger partial charge in [0.25, 0.3) is 0 Å². The summed E-state index contributed by atoms with van der Waals surface area (Å²) in [6.45, 7) is 6.94. The standard InChI is InChI=1S/C23H33NO3S/c1-5-23(2,3)15-8-9-16-18(12-15)28-21(19(16)22(26)27-4)24-20(25)17-11-13-6-7-14(17)10-13/h13-15,17H,5-12H2,1-4H3,(H,24,25)/t13-,14-,15+,17-/m0/s1. The van der Waals surface area contributed by atoms with Gasteiger partial charge in [-0.3, -0.25) is 4.79 Å². The van der Waals surface area contributed by atoms with Crippen LogP contribution in [0.1, 0.15) is 80.1 Å². The van der Waals surface area contributed by atoms with E-state index < -0.39 is 0 Å². The molecule has 4 nitrogen and oxygen atoms in total. The molecule has 154 valence electrons. The number of rotatable bonds is 5. The fourth-order valence-corrected chi connectivity index (χ4v) is 7.04. The summed E-state index contributed by atoms with van der Waals surface area (Å²) in [5.41, 5.74) is 2.02. The van der Waals surface area contributed by atoms with Crippen LogP contribution in [0.2, 0.25) is 0 Å². The number of amides is 1. The number of hydrogen-bond acceptors (Lipinski definition) is 4. The monoisotopic (exact) mass is 403 g/mol. The summed E-state index contributed by atoms with van der Waals surface area (Å²) in [7, 11) is 1.43. The number of thiophene rings is 1. The highest BCUT2D eigenvalue weighted by Crippen LogP contribution is 2.50. The van der Waals surface area contributed by atoms with E-state index in [1.165, 1.54) is 31.2 Å². The number of methoxy groups -OCH3 is 1. The Hall–Kier alpha value is -1.36. The maximum atomic E-state index is 13.0. The van der Waals surface area contributed by atoms with E-state index >= 15 is 0 Å². The van der Waals surface area contributed by atoms with Gasteiger partial charge in [0.1, 0.15) is 5.00 Å². The number of anilines is 1. The van der Waals surface area contributed by atoms with Crippen molar-refractivity contribution >= 4 is 28.2 Å². The van der Waals surface area contributed by atoms with Crippen molar-refractivity contribution in [3.05, 3.63) is 16.0 Å². The van der Waals surface area contributed by atoms with Crippen LogP contribution in [0.3, 0.4) is 0 Å². The predicted octanol–water partition coefficient (Wildman–Crippen LogP) is 5.45. The van der Waals surface area contributed by atoms with Gasteiger partial charge in [0.05, 0.1) is 12.7 Å². The number of carbonyl (C=O) groups is 2. The number of nitrogens with one attached hydrogen (secondary N) is 1. The highest BCUT2D eigenvalue weighted by atomic mass is 32.1. The minimum atomic E-state index is -0.311. The summed E-state index contributed by atoms with van der Waals surface area (Å²) in [6.07, 6.45) is 8.82. The minimum absolute atomic E-state index is 0.112. The molecule has 1 aromatic heterocycles. The van der Waals surface area contributed by atoms with Gasteiger partial charge in [-0.2, -0.15) is 0 Å². The first-order chi connectivity index (χ1) is 13.3. The minimum Gasteiger partial charge on any atom is -0.465 e. The van der Waals surface area contributed by atoms with Gasteiger partial charge in [-0.15, -0.1) is 11.3 Å². The maximum absolute atomic E-state index is 13.0. The van der Waals surface area contributed by atoms with Crippen LogP contribution in [-0.4, -0.2) is 19.0 Å². The molecular weight excluding hydrogens is 370 g/mol. The summed E-state index contributed by atoms with van der Waals surface area (Å²) in [5.74, 6) is 1.80. The predicted molar refractivity (Wildman–Crippen MR) is 113 cm³/mol. The molecule has 0 unspecified atom stereocenters. The van der Waals surface area contributed by atoms with Crippen LogP contribution in [0.4, 0.5) is 5.00 Å². The summed E-state index contributed by atoms with van der Waals surface area (Å²) in [4.78, 5) is 26.8. The molecule has 4 atom stereocenters. The van der Waals surface area contributed by atoms with Crippen LogP contribution in [0, 0.1) is 29.1 Å². The second kappa shape index (κ2) is 7.47. The highest BCUT2D eigenvalue weighted by Gasteiger charge is 2.43. The number of carbonyl (C=O) groups excluding carboxylic acids is 2. The molecule has 1 heterocycles. The van der Waals surface area contributed by atoms with Crippen molar-refractivity contribution in [2.24, 2.45) is 29.1 Å². The van der Waals surface area contributed by atoms with E-state index in [1.54, 1.807) is 11.3 Å². The summed E-state index contributed by atoms with van der Waals surface area (Å²) >= 11 is 1.61. The molecule has 3 aliphatic rings. The first-order valence-corrected chi connectivity index (χ1v) is 11.7. The van der Waals surface area contributed by atoms with Crippen LogP contribution in [0.25, 0.3) is 0 Å². The Morgan fingerprint density at radius 1 is 1.21 bits per heavy atom. The summed E-state index contributed by atoms with van der Waals surface area (Å²) in [5, 5.41) is 3.88. The van der Waals surface area contributed by atoms with E-state index in [0.29, 0.717) is 22.8 Å². The van der Waals surface area contributed by atoms with Crippen molar-refractivity contribution in [2.75, 3.05) is 12.4 Å². The number of ether oxygens (including phenoxy) is 1. The molecule has 1 amide bonds. The molecular formula is C23H33NO3S. The Balaban J connectivity index is 1.59. The zero-order valence-electron chi connectivity index (χ0n) is 17.6. The van der Waals surface area contributed by atoms with Gasteiger partial charge < -0.3 is 10.1 Å². The smallest absolute Gasteiger partial charge is 0.341 e. The second-order valence-electron chi connectivity index (χ2n) is 9.75. The van der Waals surface area contributed by atoms with Gasteiger partial charge in [0, 0.05) is 10.8 Å². The normalized spacial score (nSPS) is 28.9. The van der Waals surface area contributed by atoms with Crippen LogP contribution in [-0.2, 0) is 22.4 Å². The van der Waals surface area contributed by atoms with Gasteiger partial charge in [-0.25, -0.2) is 4.79 Å². The average molecular weight is 404 g/mol. The Morgan fingerprint density at radius 2 is 2.00 bits per heavy atom. The lowest BCUT2D eigenvalue weighted by molar-refractivity contribution is -0.121. The zero-order chi connectivity index (χ0) is 20.1. The van der Waals surface area contributed by atoms with Crippen molar-refractivity contribution in [3.63, 3.8) is 0 Å². The van der Waals surface area contributed by atoms with Crippen LogP contribution in [0.15, 0.2) is 0 Å². The third kappa shape index (κ3) is 3.40. The zero-order valence-corrected chi connectivity index (χ0v) is 18.4. The Morgan fingerprint density at radius 3 is 2.61 bits per heavy atom. The summed E-state index contributed by atoms with van der Waals surface area (Å²) in [6, 6.07) is 0. The Labute approximate surface area is 172 Å². The van der Waals surface area contributed by atoms with Crippen molar-refractivity contribution in [2.45, 2.75) is 72.1 Å². The molecule has 2 saturated carbocycles. The third-order valence-electron chi connectivity index (χ3n) is 7.98. The van der Waals surface area contributed by atoms with Crippen molar-refractivity contribution in [1.29, 1.82) is 0 Å². The van der Waals surface area contributed by atoms with Crippen molar-refractivity contribution < 1.29 is 14.3 Å². The quantitative estimate of drug-likeness (QED) is 0.665. The van der Waals surface area contributed by atoms with Gasteiger partial charge in [0.15, 0.2) is 0 Å². The fourth-order valence-electron chi connectivity index (χ4n) is 5.72. The topological polar surface area (TPSA) is 55.4 Å². The molecule has 28 heavy (non-hydrogen) atoms. The van der Waals surface area contributed by atoms with E-state index in [4.69, 9.17) is 4.74 Å². The van der Waals surface area contributed by atoms with Gasteiger partial charge in [-0.1, -0.05) is 33.6 Å². The Kier molecular flexibility index (Phi) is 5.32. The van der Waals surface area contributed by atoms with Crippen LogP contribution >= 0.6 is 11.3 Å². The molecule has 1 N–H and O–H groups in total. The molecule has 0 spiro atoms. The van der Waals surface area contributed by atoms with Gasteiger partial charge >= 0.3 is 5.97 Å². The van der Waals surface area contributed by atoms with E-state index in [0.717, 1.165) is 48.6 Å². The first kappa shape index (κ1) is 19.9. The Bertz CT molecular complexity index is 781. The third-order valence-corrected chi connectivity index (χ3v) is 9.15. The molecule has 1 aromatic rings. The number of fused-ring (bicyclic) bond motifs is 3. The van der Waals surface area contributed by atoms with E-state index in [1.807, 2.05) is 0 Å². The van der Waals surface area contributed by atoms with Crippen LogP contribution < -0.4 is 5.32 Å². The molecule has 0 saturated heterocycles. The molecule has 2 bridgehead atoms. The lowest BCUT2D eigenvalue weighted by Crippen LogP contribution is -2.29. The lowest BCUT2D eigenvalue weighted by atomic mass is 9.69. The summed E-state index contributed by atoms with van der Waals surface area (Å²) < 4.78 is 5.09. The molecule has 4 rings (SSSR count). The molecule has 0 aliphatic heterocycles. The molecule has 3 aliphatic carbocycles. The van der Waals surface area contributed by atoms with E-state index in [9.17, 15) is 9.59 Å². The van der Waals surface area contributed by atoms with Gasteiger partial charge in [0.2, 0.25) is 5.91 Å².